The quantitative estimate of drug-likeness (QED) is 0.576. The van der Waals surface area contributed by atoms with Gasteiger partial charge < -0.3 is 10.1 Å². The first-order valence-corrected chi connectivity index (χ1v) is 9.83. The molecule has 4 aliphatic rings. The summed E-state index contributed by atoms with van der Waals surface area (Å²) < 4.78 is 5.47. The van der Waals surface area contributed by atoms with E-state index in [1.54, 1.807) is 5.57 Å². The maximum atomic E-state index is 11.9. The number of nitrogens with one attached hydrogen (secondary N) is 1. The summed E-state index contributed by atoms with van der Waals surface area (Å²) in [5, 5.41) is 2.85. The van der Waals surface area contributed by atoms with Crippen molar-refractivity contribution in [2.75, 3.05) is 13.2 Å². The number of hydrogen-bond acceptors (Lipinski definition) is 3. The first-order chi connectivity index (χ1) is 11.7. The highest BCUT2D eigenvalue weighted by molar-refractivity contribution is 5.77. The molecule has 4 aliphatic carbocycles. The molecule has 0 aliphatic heterocycles. The molecule has 0 radical (unpaired) electrons. The summed E-state index contributed by atoms with van der Waals surface area (Å²) in [6.45, 7) is 1.01. The number of ether oxygens (including phenoxy) is 1. The van der Waals surface area contributed by atoms with Gasteiger partial charge in [-0.05, 0) is 68.1 Å². The number of hydrogen-bond donors (Lipinski definition) is 1. The Hall–Kier alpha value is -1.32. The highest BCUT2D eigenvalue weighted by Crippen LogP contribution is 2.57. The van der Waals surface area contributed by atoms with Gasteiger partial charge in [0.25, 0.3) is 0 Å². The summed E-state index contributed by atoms with van der Waals surface area (Å²) in [5.74, 6) is 3.48. The molecule has 0 aromatic rings. The Bertz CT molecular complexity index is 537. The van der Waals surface area contributed by atoms with Crippen molar-refractivity contribution in [1.29, 1.82) is 0 Å². The molecule has 0 aromatic heterocycles. The molecule has 1 amide bonds. The lowest BCUT2D eigenvalue weighted by atomic mass is 9.83. The summed E-state index contributed by atoms with van der Waals surface area (Å²) in [6.07, 6.45) is 12.1. The van der Waals surface area contributed by atoms with E-state index in [4.69, 9.17) is 4.74 Å². The van der Waals surface area contributed by atoms with Crippen LogP contribution in [0.25, 0.3) is 0 Å². The molecule has 4 nitrogen and oxygen atoms in total. The lowest BCUT2D eigenvalue weighted by Gasteiger charge is -2.24. The Kier molecular flexibility index (Phi) is 4.64. The molecular weight excluding hydrogens is 302 g/mol. The number of rotatable bonds is 7. The first kappa shape index (κ1) is 16.2. The van der Waals surface area contributed by atoms with Gasteiger partial charge in [0.1, 0.15) is 0 Å². The molecule has 3 unspecified atom stereocenters. The Balaban J connectivity index is 1.08. The van der Waals surface area contributed by atoms with Crippen LogP contribution in [0.5, 0.6) is 0 Å². The van der Waals surface area contributed by atoms with Crippen molar-refractivity contribution in [2.45, 2.75) is 57.8 Å². The number of amides is 1. The van der Waals surface area contributed by atoms with Crippen molar-refractivity contribution in [3.8, 4) is 0 Å². The van der Waals surface area contributed by atoms with E-state index >= 15 is 0 Å². The molecule has 0 aromatic carbocycles. The van der Waals surface area contributed by atoms with Crippen LogP contribution in [0.2, 0.25) is 0 Å². The third-order valence-electron chi connectivity index (χ3n) is 6.66. The van der Waals surface area contributed by atoms with Crippen LogP contribution < -0.4 is 5.32 Å². The zero-order valence-electron chi connectivity index (χ0n) is 14.5. The van der Waals surface area contributed by atoms with Gasteiger partial charge in [-0.1, -0.05) is 18.1 Å². The van der Waals surface area contributed by atoms with Gasteiger partial charge in [-0.15, -0.1) is 0 Å². The minimum absolute atomic E-state index is 0.0843. The van der Waals surface area contributed by atoms with Crippen molar-refractivity contribution in [3.63, 3.8) is 0 Å². The second-order valence-electron chi connectivity index (χ2n) is 8.24. The minimum Gasteiger partial charge on any atom is -0.465 e. The SMILES string of the molecule is O=C(CC1CCC1)NCCC(=O)OC[C@H]1C2CCC3=CC3CCC21. The normalized spacial score (nSPS) is 33.8. The molecule has 1 N–H and O–H groups in total. The van der Waals surface area contributed by atoms with E-state index in [1.807, 2.05) is 0 Å². The lowest BCUT2D eigenvalue weighted by molar-refractivity contribution is -0.144. The largest absolute Gasteiger partial charge is 0.465 e. The Morgan fingerprint density at radius 3 is 2.75 bits per heavy atom. The summed E-state index contributed by atoms with van der Waals surface area (Å²) in [6, 6.07) is 0. The van der Waals surface area contributed by atoms with Crippen molar-refractivity contribution in [3.05, 3.63) is 11.6 Å². The van der Waals surface area contributed by atoms with Crippen LogP contribution in [0.15, 0.2) is 11.6 Å². The number of esters is 1. The minimum atomic E-state index is -0.163. The van der Waals surface area contributed by atoms with Crippen LogP contribution >= 0.6 is 0 Å². The average Bonchev–Trinajstić information content (AvgIpc) is 3.38. The highest BCUT2D eigenvalue weighted by Gasteiger charge is 2.51. The van der Waals surface area contributed by atoms with Gasteiger partial charge in [-0.3, -0.25) is 9.59 Å². The number of fused-ring (bicyclic) bond motifs is 2. The van der Waals surface area contributed by atoms with E-state index in [2.05, 4.69) is 11.4 Å². The molecule has 0 saturated heterocycles. The van der Waals surface area contributed by atoms with Gasteiger partial charge in [0, 0.05) is 13.0 Å². The molecule has 0 spiro atoms. The molecule has 0 heterocycles. The molecule has 4 heteroatoms. The van der Waals surface area contributed by atoms with Crippen molar-refractivity contribution in [1.82, 2.24) is 5.32 Å². The zero-order chi connectivity index (χ0) is 16.5. The fourth-order valence-corrected chi connectivity index (χ4v) is 4.68. The van der Waals surface area contributed by atoms with Crippen molar-refractivity contribution >= 4 is 11.9 Å². The maximum Gasteiger partial charge on any atom is 0.307 e. The van der Waals surface area contributed by atoms with Gasteiger partial charge >= 0.3 is 5.97 Å². The summed E-state index contributed by atoms with van der Waals surface area (Å²) >= 11 is 0. The summed E-state index contributed by atoms with van der Waals surface area (Å²) in [7, 11) is 0. The summed E-state index contributed by atoms with van der Waals surface area (Å²) in [5.41, 5.74) is 1.67. The van der Waals surface area contributed by atoms with Crippen molar-refractivity contribution < 1.29 is 14.3 Å². The van der Waals surface area contributed by atoms with Gasteiger partial charge in [0.05, 0.1) is 13.0 Å². The molecule has 132 valence electrons. The molecule has 3 saturated carbocycles. The topological polar surface area (TPSA) is 55.4 Å². The van der Waals surface area contributed by atoms with E-state index in [0.29, 0.717) is 37.8 Å². The Labute approximate surface area is 144 Å². The van der Waals surface area contributed by atoms with Crippen LogP contribution in [0, 0.1) is 29.6 Å². The second-order valence-corrected chi connectivity index (χ2v) is 8.24. The maximum absolute atomic E-state index is 11.9. The molecular formula is C20H29NO3. The van der Waals surface area contributed by atoms with Gasteiger partial charge in [-0.2, -0.15) is 0 Å². The highest BCUT2D eigenvalue weighted by atomic mass is 16.5. The predicted molar refractivity (Wildman–Crippen MR) is 91.1 cm³/mol. The van der Waals surface area contributed by atoms with E-state index < -0.39 is 0 Å². The third kappa shape index (κ3) is 3.84. The second kappa shape index (κ2) is 6.89. The Morgan fingerprint density at radius 2 is 1.96 bits per heavy atom. The third-order valence-corrected chi connectivity index (χ3v) is 6.66. The first-order valence-electron chi connectivity index (χ1n) is 9.83. The number of carbonyl (C=O) groups is 2. The monoisotopic (exact) mass is 331 g/mol. The molecule has 24 heavy (non-hydrogen) atoms. The van der Waals surface area contributed by atoms with E-state index in [1.165, 1.54) is 44.9 Å². The molecule has 0 bridgehead atoms. The molecule has 4 atom stereocenters. The van der Waals surface area contributed by atoms with Crippen LogP contribution in [0.4, 0.5) is 0 Å². The van der Waals surface area contributed by atoms with E-state index in [9.17, 15) is 9.59 Å². The zero-order valence-corrected chi connectivity index (χ0v) is 14.5. The molecule has 3 fully saturated rings. The van der Waals surface area contributed by atoms with Gasteiger partial charge in [-0.25, -0.2) is 0 Å². The summed E-state index contributed by atoms with van der Waals surface area (Å²) in [4.78, 5) is 23.6. The fourth-order valence-electron chi connectivity index (χ4n) is 4.68. The number of carbonyl (C=O) groups excluding carboxylic acids is 2. The van der Waals surface area contributed by atoms with Crippen LogP contribution in [0.3, 0.4) is 0 Å². The van der Waals surface area contributed by atoms with Crippen molar-refractivity contribution in [2.24, 2.45) is 29.6 Å². The van der Waals surface area contributed by atoms with Crippen LogP contribution in [-0.4, -0.2) is 25.0 Å². The predicted octanol–water partition coefficient (Wildman–Crippen LogP) is 3.22. The average molecular weight is 331 g/mol. The van der Waals surface area contributed by atoms with E-state index in [-0.39, 0.29) is 11.9 Å². The fraction of sp³-hybridized carbons (Fsp3) is 0.800. The van der Waals surface area contributed by atoms with Crippen LogP contribution in [0.1, 0.15) is 57.8 Å². The number of allylic oxidation sites excluding steroid dienone is 2. The van der Waals surface area contributed by atoms with E-state index in [0.717, 1.165) is 17.8 Å². The van der Waals surface area contributed by atoms with Gasteiger partial charge in [0.15, 0.2) is 0 Å². The van der Waals surface area contributed by atoms with Gasteiger partial charge in [0.2, 0.25) is 5.91 Å². The van der Waals surface area contributed by atoms with Crippen LogP contribution in [-0.2, 0) is 14.3 Å². The smallest absolute Gasteiger partial charge is 0.307 e. The molecule has 4 rings (SSSR count). The standard InChI is InChI=1S/C20H29NO3/c22-19(10-13-2-1-3-13)21-9-8-20(23)24-12-18-16-6-4-14-11-15(14)5-7-17(16)18/h11,13-14,16-18H,1-10,12H2,(H,21,22)/t14?,16?,17?,18-/m1/s1. The lowest BCUT2D eigenvalue weighted by Crippen LogP contribution is -2.29. The Morgan fingerprint density at radius 1 is 1.12 bits per heavy atom.